The van der Waals surface area contributed by atoms with E-state index in [0.717, 1.165) is 5.56 Å². The van der Waals surface area contributed by atoms with Crippen LogP contribution in [-0.4, -0.2) is 39.5 Å². The molecule has 2 aliphatic rings. The van der Waals surface area contributed by atoms with Gasteiger partial charge in [-0.05, 0) is 35.5 Å². The van der Waals surface area contributed by atoms with Crippen molar-refractivity contribution in [2.24, 2.45) is 17.0 Å². The lowest BCUT2D eigenvalue weighted by Crippen LogP contribution is -2.61. The Bertz CT molecular complexity index is 767. The SMILES string of the molecule is CC(C)C(C)(C)[Si](C)(C)O[C@@H]1OC2COC(c3ccccc3)O[C@H]2[C@H](C)C1N=[N+]=[N-]. The third-order valence-corrected chi connectivity index (χ3v) is 11.9. The zero-order valence-electron chi connectivity index (χ0n) is 19.1. The standard InChI is InChI=1S/C22H35N3O4Si/c1-14(2)22(4,5)30(6,7)29-21-18(24-25-23)15(3)19-17(27-21)13-26-20(28-19)16-11-9-8-10-12-16/h8-12,14-15,17-21H,13H2,1-7H3/t15-,17?,18?,19+,20?,21+/m1/s1. The van der Waals surface area contributed by atoms with Crippen LogP contribution in [0.25, 0.3) is 10.4 Å². The van der Waals surface area contributed by atoms with Crippen LogP contribution in [0, 0.1) is 11.8 Å². The van der Waals surface area contributed by atoms with Crippen LogP contribution in [-0.2, 0) is 18.6 Å². The van der Waals surface area contributed by atoms with E-state index in [0.29, 0.717) is 12.5 Å². The molecule has 6 atom stereocenters. The molecule has 0 radical (unpaired) electrons. The normalized spacial score (nSPS) is 32.4. The summed E-state index contributed by atoms with van der Waals surface area (Å²) in [5.74, 6) is 0.394. The van der Waals surface area contributed by atoms with Crippen molar-refractivity contribution in [2.75, 3.05) is 6.61 Å². The second-order valence-electron chi connectivity index (χ2n) is 9.78. The Morgan fingerprint density at radius 3 is 2.47 bits per heavy atom. The molecular weight excluding hydrogens is 398 g/mol. The lowest BCUT2D eigenvalue weighted by Gasteiger charge is -2.51. The monoisotopic (exact) mass is 433 g/mol. The Labute approximate surface area is 180 Å². The van der Waals surface area contributed by atoms with Crippen LogP contribution >= 0.6 is 0 Å². The van der Waals surface area contributed by atoms with Gasteiger partial charge in [-0.1, -0.05) is 70.1 Å². The van der Waals surface area contributed by atoms with Gasteiger partial charge in [0.2, 0.25) is 0 Å². The van der Waals surface area contributed by atoms with E-state index in [1.165, 1.54) is 0 Å². The highest BCUT2D eigenvalue weighted by Gasteiger charge is 2.52. The van der Waals surface area contributed by atoms with Crippen molar-refractivity contribution in [3.8, 4) is 0 Å². The number of nitrogens with zero attached hydrogens (tertiary/aromatic N) is 3. The van der Waals surface area contributed by atoms with Crippen LogP contribution in [0.3, 0.4) is 0 Å². The van der Waals surface area contributed by atoms with Crippen molar-refractivity contribution < 1.29 is 18.6 Å². The van der Waals surface area contributed by atoms with Crippen LogP contribution in [0.4, 0.5) is 0 Å². The molecule has 1 aromatic carbocycles. The highest BCUT2D eigenvalue weighted by atomic mass is 28.4. The van der Waals surface area contributed by atoms with Crippen molar-refractivity contribution >= 4 is 8.32 Å². The van der Waals surface area contributed by atoms with Gasteiger partial charge in [0.05, 0.1) is 18.8 Å². The second kappa shape index (κ2) is 8.98. The highest BCUT2D eigenvalue weighted by Crippen LogP contribution is 2.47. The van der Waals surface area contributed by atoms with Crippen molar-refractivity contribution in [1.82, 2.24) is 0 Å². The molecule has 2 fully saturated rings. The smallest absolute Gasteiger partial charge is 0.196 e. The molecule has 2 aliphatic heterocycles. The van der Waals surface area contributed by atoms with Crippen LogP contribution in [0.15, 0.2) is 35.4 Å². The fraction of sp³-hybridized carbons (Fsp3) is 0.727. The van der Waals surface area contributed by atoms with Gasteiger partial charge in [0.25, 0.3) is 0 Å². The fourth-order valence-corrected chi connectivity index (χ4v) is 6.53. The molecule has 7 nitrogen and oxygen atoms in total. The molecule has 3 unspecified atom stereocenters. The summed E-state index contributed by atoms with van der Waals surface area (Å²) in [7, 11) is -2.19. The summed E-state index contributed by atoms with van der Waals surface area (Å²) >= 11 is 0. The van der Waals surface area contributed by atoms with E-state index in [-0.39, 0.29) is 23.2 Å². The molecule has 8 heteroatoms. The lowest BCUT2D eigenvalue weighted by atomic mass is 9.88. The van der Waals surface area contributed by atoms with Gasteiger partial charge in [-0.3, -0.25) is 0 Å². The topological polar surface area (TPSA) is 85.7 Å². The molecule has 0 bridgehead atoms. The maximum Gasteiger partial charge on any atom is 0.196 e. The van der Waals surface area contributed by atoms with Crippen LogP contribution in [0.5, 0.6) is 0 Å². The van der Waals surface area contributed by atoms with Gasteiger partial charge in [0.15, 0.2) is 20.9 Å². The molecule has 0 amide bonds. The molecule has 1 aromatic rings. The first-order valence-corrected chi connectivity index (χ1v) is 13.7. The largest absolute Gasteiger partial charge is 0.392 e. The van der Waals surface area contributed by atoms with Gasteiger partial charge in [-0.15, -0.1) is 0 Å². The predicted molar refractivity (Wildman–Crippen MR) is 118 cm³/mol. The molecule has 2 saturated heterocycles. The molecule has 166 valence electrons. The van der Waals surface area contributed by atoms with Gasteiger partial charge < -0.3 is 18.6 Å². The molecule has 0 aliphatic carbocycles. The molecule has 0 N–H and O–H groups in total. The Morgan fingerprint density at radius 2 is 1.87 bits per heavy atom. The minimum absolute atomic E-state index is 0.0231. The number of fused-ring (bicyclic) bond motifs is 1. The van der Waals surface area contributed by atoms with E-state index in [1.807, 2.05) is 37.3 Å². The average Bonchev–Trinajstić information content (AvgIpc) is 2.71. The van der Waals surface area contributed by atoms with Gasteiger partial charge in [0.1, 0.15) is 6.10 Å². The summed E-state index contributed by atoms with van der Waals surface area (Å²) in [6.45, 7) is 15.8. The van der Waals surface area contributed by atoms with Gasteiger partial charge >= 0.3 is 0 Å². The molecule has 3 rings (SSSR count). The van der Waals surface area contributed by atoms with Crippen LogP contribution in [0.1, 0.15) is 46.5 Å². The number of ether oxygens (including phenoxy) is 3. The van der Waals surface area contributed by atoms with Gasteiger partial charge in [-0.2, -0.15) is 0 Å². The summed E-state index contributed by atoms with van der Waals surface area (Å²) in [5, 5.41) is 4.10. The summed E-state index contributed by atoms with van der Waals surface area (Å²) in [5.41, 5.74) is 10.2. The van der Waals surface area contributed by atoms with E-state index >= 15 is 0 Å². The maximum absolute atomic E-state index is 9.22. The number of rotatable bonds is 6. The van der Waals surface area contributed by atoms with Crippen molar-refractivity contribution in [3.63, 3.8) is 0 Å². The minimum atomic E-state index is -2.19. The highest BCUT2D eigenvalue weighted by molar-refractivity contribution is 6.74. The van der Waals surface area contributed by atoms with E-state index < -0.39 is 26.9 Å². The Balaban J connectivity index is 1.80. The second-order valence-corrected chi connectivity index (χ2v) is 14.3. The molecular formula is C22H35N3O4Si. The zero-order chi connectivity index (χ0) is 22.1. The van der Waals surface area contributed by atoms with Gasteiger partial charge in [-0.25, -0.2) is 0 Å². The molecule has 30 heavy (non-hydrogen) atoms. The maximum atomic E-state index is 9.22. The van der Waals surface area contributed by atoms with Crippen LogP contribution < -0.4 is 0 Å². The van der Waals surface area contributed by atoms with E-state index in [2.05, 4.69) is 50.8 Å². The summed E-state index contributed by atoms with van der Waals surface area (Å²) in [6.07, 6.45) is -1.55. The van der Waals surface area contributed by atoms with E-state index in [1.54, 1.807) is 0 Å². The van der Waals surface area contributed by atoms with Gasteiger partial charge in [0, 0.05) is 10.5 Å². The first-order chi connectivity index (χ1) is 14.1. The Morgan fingerprint density at radius 1 is 1.20 bits per heavy atom. The average molecular weight is 434 g/mol. The molecule has 0 spiro atoms. The summed E-state index contributed by atoms with van der Waals surface area (Å²) in [6, 6.07) is 9.40. The first-order valence-electron chi connectivity index (χ1n) is 10.8. The van der Waals surface area contributed by atoms with Crippen molar-refractivity contribution in [2.45, 2.75) is 83.6 Å². The number of benzene rings is 1. The van der Waals surface area contributed by atoms with Crippen molar-refractivity contribution in [3.05, 3.63) is 46.3 Å². The van der Waals surface area contributed by atoms with Crippen LogP contribution in [0.2, 0.25) is 18.1 Å². The summed E-state index contributed by atoms with van der Waals surface area (Å²) < 4.78 is 25.2. The van der Waals surface area contributed by atoms with Crippen molar-refractivity contribution in [1.29, 1.82) is 0 Å². The number of azide groups is 1. The number of hydrogen-bond acceptors (Lipinski definition) is 5. The minimum Gasteiger partial charge on any atom is -0.392 e. The quantitative estimate of drug-likeness (QED) is 0.246. The third-order valence-electron chi connectivity index (χ3n) is 7.37. The predicted octanol–water partition coefficient (Wildman–Crippen LogP) is 5.80. The molecule has 0 aromatic heterocycles. The Kier molecular flexibility index (Phi) is 6.96. The molecule has 2 heterocycles. The first kappa shape index (κ1) is 23.3. The van der Waals surface area contributed by atoms with E-state index in [9.17, 15) is 5.53 Å². The van der Waals surface area contributed by atoms with E-state index in [4.69, 9.17) is 18.6 Å². The Hall–Kier alpha value is -1.41. The summed E-state index contributed by atoms with van der Waals surface area (Å²) in [4.78, 5) is 3.10. The zero-order valence-corrected chi connectivity index (χ0v) is 20.1. The molecule has 0 saturated carbocycles. The fourth-order valence-electron chi connectivity index (χ4n) is 4.06. The lowest BCUT2D eigenvalue weighted by molar-refractivity contribution is -0.324. The third kappa shape index (κ3) is 4.44. The number of hydrogen-bond donors (Lipinski definition) is 0.